The van der Waals surface area contributed by atoms with Crippen molar-refractivity contribution in [1.82, 2.24) is 14.9 Å². The summed E-state index contributed by atoms with van der Waals surface area (Å²) in [4.78, 5) is 0. The molecule has 0 radical (unpaired) electrons. The fourth-order valence-electron chi connectivity index (χ4n) is 2.97. The van der Waals surface area contributed by atoms with E-state index in [4.69, 9.17) is 40.2 Å². The quantitative estimate of drug-likeness (QED) is 0.323. The Hall–Kier alpha value is -2.80. The fourth-order valence-corrected chi connectivity index (χ4v) is 3.67. The molecule has 4 aromatic rings. The first-order valence-corrected chi connectivity index (χ1v) is 10.4. The van der Waals surface area contributed by atoms with Gasteiger partial charge in [0.25, 0.3) is 0 Å². The molecule has 0 aliphatic carbocycles. The second-order valence-electron chi connectivity index (χ2n) is 6.52. The molecule has 30 heavy (non-hydrogen) atoms. The highest BCUT2D eigenvalue weighted by Gasteiger charge is 2.09. The number of halogens is 2. The lowest BCUT2D eigenvalue weighted by Crippen LogP contribution is -2.16. The molecule has 1 aromatic heterocycles. The van der Waals surface area contributed by atoms with Crippen LogP contribution in [0.1, 0.15) is 11.1 Å². The summed E-state index contributed by atoms with van der Waals surface area (Å²) in [5, 5.41) is 8.34. The standard InChI is InChI=1S/C22H18Cl2N4OS/c23-19-10-5-11-20(24)18(19)14-29-17-9-4-6-15(12-17)13-25-28-21(26-27-22(28)30)16-7-2-1-3-8-16/h1-12,25H,13-14H2,(H,27,30). The van der Waals surface area contributed by atoms with E-state index in [1.54, 1.807) is 16.8 Å². The molecule has 8 heteroatoms. The lowest BCUT2D eigenvalue weighted by molar-refractivity contribution is 0.306. The Bertz CT molecular complexity index is 1190. The van der Waals surface area contributed by atoms with Crippen LogP contribution in [0, 0.1) is 4.77 Å². The van der Waals surface area contributed by atoms with Gasteiger partial charge in [0.15, 0.2) is 5.82 Å². The van der Waals surface area contributed by atoms with Crippen molar-refractivity contribution in [3.8, 4) is 17.1 Å². The summed E-state index contributed by atoms with van der Waals surface area (Å²) < 4.78 is 8.17. The summed E-state index contributed by atoms with van der Waals surface area (Å²) in [6, 6.07) is 23.1. The predicted molar refractivity (Wildman–Crippen MR) is 123 cm³/mol. The minimum absolute atomic E-state index is 0.292. The third kappa shape index (κ3) is 4.67. The molecule has 2 N–H and O–H groups in total. The monoisotopic (exact) mass is 456 g/mol. The Kier molecular flexibility index (Phi) is 6.38. The third-order valence-corrected chi connectivity index (χ3v) is 5.47. The number of rotatable bonds is 7. The fraction of sp³-hybridized carbons (Fsp3) is 0.0909. The summed E-state index contributed by atoms with van der Waals surface area (Å²) >= 11 is 17.8. The van der Waals surface area contributed by atoms with Crippen LogP contribution in [0.5, 0.6) is 5.75 Å². The van der Waals surface area contributed by atoms with E-state index in [1.807, 2.05) is 60.7 Å². The zero-order valence-electron chi connectivity index (χ0n) is 15.8. The largest absolute Gasteiger partial charge is 0.489 e. The maximum absolute atomic E-state index is 6.22. The molecule has 0 saturated heterocycles. The van der Waals surface area contributed by atoms with Crippen LogP contribution < -0.4 is 10.2 Å². The summed E-state index contributed by atoms with van der Waals surface area (Å²) in [5.74, 6) is 1.45. The van der Waals surface area contributed by atoms with Crippen LogP contribution in [0.25, 0.3) is 11.4 Å². The Morgan fingerprint density at radius 1 is 0.967 bits per heavy atom. The van der Waals surface area contributed by atoms with Crippen molar-refractivity contribution < 1.29 is 4.74 Å². The summed E-state index contributed by atoms with van der Waals surface area (Å²) in [6.45, 7) is 0.831. The van der Waals surface area contributed by atoms with E-state index in [2.05, 4.69) is 15.6 Å². The first-order valence-electron chi connectivity index (χ1n) is 9.23. The molecule has 0 unspecified atom stereocenters. The highest BCUT2D eigenvalue weighted by Crippen LogP contribution is 2.26. The van der Waals surface area contributed by atoms with Gasteiger partial charge in [-0.25, -0.2) is 9.77 Å². The molecule has 0 fully saturated rings. The van der Waals surface area contributed by atoms with E-state index in [9.17, 15) is 0 Å². The number of benzene rings is 3. The molecule has 3 aromatic carbocycles. The lowest BCUT2D eigenvalue weighted by Gasteiger charge is -2.12. The molecule has 0 atom stereocenters. The summed E-state index contributed by atoms with van der Waals surface area (Å²) in [6.07, 6.45) is 0. The van der Waals surface area contributed by atoms with E-state index in [0.29, 0.717) is 28.0 Å². The van der Waals surface area contributed by atoms with E-state index in [0.717, 1.165) is 28.3 Å². The van der Waals surface area contributed by atoms with Crippen LogP contribution >= 0.6 is 35.4 Å². The maximum atomic E-state index is 6.22. The van der Waals surface area contributed by atoms with Gasteiger partial charge in [0.2, 0.25) is 4.77 Å². The van der Waals surface area contributed by atoms with Crippen LogP contribution in [0.15, 0.2) is 72.8 Å². The van der Waals surface area contributed by atoms with Crippen molar-refractivity contribution in [2.24, 2.45) is 0 Å². The van der Waals surface area contributed by atoms with Gasteiger partial charge in [0.05, 0.1) is 6.54 Å². The number of nitrogens with one attached hydrogen (secondary N) is 2. The van der Waals surface area contributed by atoms with Gasteiger partial charge in [-0.2, -0.15) is 5.10 Å². The maximum Gasteiger partial charge on any atom is 0.214 e. The molecule has 0 spiro atoms. The van der Waals surface area contributed by atoms with Crippen LogP contribution in [-0.4, -0.2) is 14.9 Å². The number of H-pyrrole nitrogens is 1. The average Bonchev–Trinajstić information content (AvgIpc) is 3.13. The normalized spacial score (nSPS) is 10.7. The van der Waals surface area contributed by atoms with E-state index in [-0.39, 0.29) is 0 Å². The highest BCUT2D eigenvalue weighted by atomic mass is 35.5. The van der Waals surface area contributed by atoms with Crippen molar-refractivity contribution in [1.29, 1.82) is 0 Å². The van der Waals surface area contributed by atoms with Gasteiger partial charge in [-0.15, -0.1) is 0 Å². The second-order valence-corrected chi connectivity index (χ2v) is 7.73. The minimum atomic E-state index is 0.292. The Labute approximate surface area is 189 Å². The van der Waals surface area contributed by atoms with Crippen LogP contribution in [0.2, 0.25) is 10.0 Å². The molecule has 152 valence electrons. The van der Waals surface area contributed by atoms with E-state index in [1.165, 1.54) is 0 Å². The first-order chi connectivity index (χ1) is 14.6. The number of aromatic nitrogens is 3. The van der Waals surface area contributed by atoms with Crippen LogP contribution in [-0.2, 0) is 13.2 Å². The first kappa shape index (κ1) is 20.5. The molecule has 0 aliphatic heterocycles. The van der Waals surface area contributed by atoms with Crippen molar-refractivity contribution >= 4 is 35.4 Å². The van der Waals surface area contributed by atoms with Crippen molar-refractivity contribution in [2.75, 3.05) is 5.43 Å². The zero-order valence-corrected chi connectivity index (χ0v) is 18.1. The van der Waals surface area contributed by atoms with E-state index >= 15 is 0 Å². The molecule has 1 heterocycles. The van der Waals surface area contributed by atoms with Gasteiger partial charge in [-0.1, -0.05) is 71.7 Å². The number of nitrogens with zero attached hydrogens (tertiary/aromatic N) is 2. The Balaban J connectivity index is 1.46. The van der Waals surface area contributed by atoms with Gasteiger partial charge in [0, 0.05) is 21.2 Å². The van der Waals surface area contributed by atoms with Crippen LogP contribution in [0.4, 0.5) is 0 Å². The molecule has 5 nitrogen and oxygen atoms in total. The zero-order chi connectivity index (χ0) is 20.9. The smallest absolute Gasteiger partial charge is 0.214 e. The molecular weight excluding hydrogens is 439 g/mol. The van der Waals surface area contributed by atoms with Gasteiger partial charge >= 0.3 is 0 Å². The molecule has 4 rings (SSSR count). The number of ether oxygens (including phenoxy) is 1. The number of hydrogen-bond donors (Lipinski definition) is 2. The lowest BCUT2D eigenvalue weighted by atomic mass is 10.2. The average molecular weight is 457 g/mol. The van der Waals surface area contributed by atoms with Crippen LogP contribution in [0.3, 0.4) is 0 Å². The van der Waals surface area contributed by atoms with Crippen molar-refractivity contribution in [3.05, 3.63) is 98.7 Å². The van der Waals surface area contributed by atoms with E-state index < -0.39 is 0 Å². The topological polar surface area (TPSA) is 54.9 Å². The van der Waals surface area contributed by atoms with Crippen molar-refractivity contribution in [2.45, 2.75) is 13.2 Å². The Morgan fingerprint density at radius 3 is 2.47 bits per heavy atom. The number of hydrogen-bond acceptors (Lipinski definition) is 4. The second kappa shape index (κ2) is 9.34. The van der Waals surface area contributed by atoms with Crippen molar-refractivity contribution in [3.63, 3.8) is 0 Å². The predicted octanol–water partition coefficient (Wildman–Crippen LogP) is 6.24. The summed E-state index contributed by atoms with van der Waals surface area (Å²) in [5.41, 5.74) is 6.07. The minimum Gasteiger partial charge on any atom is -0.489 e. The molecular formula is C22H18Cl2N4OS. The SMILES string of the molecule is S=c1[nH]nc(-c2ccccc2)n1NCc1cccc(OCc2c(Cl)cccc2Cl)c1. The number of aromatic amines is 1. The van der Waals surface area contributed by atoms with Gasteiger partial charge in [-0.05, 0) is 42.0 Å². The van der Waals surface area contributed by atoms with Gasteiger partial charge in [-0.3, -0.25) is 0 Å². The molecule has 0 bridgehead atoms. The molecule has 0 saturated carbocycles. The Morgan fingerprint density at radius 2 is 1.70 bits per heavy atom. The summed E-state index contributed by atoms with van der Waals surface area (Å²) in [7, 11) is 0. The molecule has 0 amide bonds. The third-order valence-electron chi connectivity index (χ3n) is 4.49. The van der Waals surface area contributed by atoms with Gasteiger partial charge < -0.3 is 10.2 Å². The molecule has 0 aliphatic rings. The van der Waals surface area contributed by atoms with Gasteiger partial charge in [0.1, 0.15) is 12.4 Å². The highest BCUT2D eigenvalue weighted by molar-refractivity contribution is 7.71.